The van der Waals surface area contributed by atoms with E-state index < -0.39 is 5.97 Å². The zero-order chi connectivity index (χ0) is 14.7. The maximum atomic E-state index is 11.3. The lowest BCUT2D eigenvalue weighted by Gasteiger charge is -2.41. The van der Waals surface area contributed by atoms with Crippen LogP contribution in [-0.4, -0.2) is 48.2 Å². The molecule has 0 bridgehead atoms. The van der Waals surface area contributed by atoms with Crippen LogP contribution in [-0.2, 0) is 0 Å². The van der Waals surface area contributed by atoms with Crippen molar-refractivity contribution in [3.05, 3.63) is 29.8 Å². The van der Waals surface area contributed by atoms with Gasteiger partial charge in [-0.2, -0.15) is 0 Å². The van der Waals surface area contributed by atoms with Gasteiger partial charge in [0.05, 0.1) is 11.3 Å². The van der Waals surface area contributed by atoms with E-state index in [0.717, 1.165) is 31.6 Å². The minimum Gasteiger partial charge on any atom is -0.478 e. The smallest absolute Gasteiger partial charge is 0.337 e. The first-order valence-corrected chi connectivity index (χ1v) is 8.07. The molecule has 2 aliphatic heterocycles. The Morgan fingerprint density at radius 3 is 2.33 bits per heavy atom. The molecular formula is C17H24N2O2. The van der Waals surface area contributed by atoms with Crippen molar-refractivity contribution in [2.75, 3.05) is 31.1 Å². The molecule has 0 unspecified atom stereocenters. The fourth-order valence-electron chi connectivity index (χ4n) is 3.69. The average molecular weight is 288 g/mol. The molecule has 0 radical (unpaired) electrons. The monoisotopic (exact) mass is 288 g/mol. The third kappa shape index (κ3) is 3.21. The Balaban J connectivity index is 1.64. The lowest BCUT2D eigenvalue weighted by Crippen LogP contribution is -2.47. The normalized spacial score (nSPS) is 21.4. The second-order valence-electron chi connectivity index (χ2n) is 6.14. The van der Waals surface area contributed by atoms with Gasteiger partial charge in [0.25, 0.3) is 0 Å². The summed E-state index contributed by atoms with van der Waals surface area (Å²) >= 11 is 0. The van der Waals surface area contributed by atoms with Gasteiger partial charge in [-0.3, -0.25) is 0 Å². The number of aromatic carboxylic acids is 1. The number of piperidine rings is 2. The third-order valence-corrected chi connectivity index (χ3v) is 4.85. The summed E-state index contributed by atoms with van der Waals surface area (Å²) in [6, 6.07) is 8.06. The highest BCUT2D eigenvalue weighted by Crippen LogP contribution is 2.27. The summed E-state index contributed by atoms with van der Waals surface area (Å²) in [6.07, 6.45) is 6.34. The Bertz CT molecular complexity index is 489. The molecular weight excluding hydrogens is 264 g/mol. The fourth-order valence-corrected chi connectivity index (χ4v) is 3.69. The number of likely N-dealkylation sites (tertiary alicyclic amines) is 1. The van der Waals surface area contributed by atoms with E-state index in [4.69, 9.17) is 0 Å². The molecule has 4 heteroatoms. The number of carbonyl (C=O) groups is 1. The SMILES string of the molecule is O=C(O)c1ccccc1N1CCC(N2CCCCC2)CC1. The van der Waals surface area contributed by atoms with Gasteiger partial charge in [0.1, 0.15) is 0 Å². The average Bonchev–Trinajstić information content (AvgIpc) is 2.56. The van der Waals surface area contributed by atoms with Crippen LogP contribution in [0.5, 0.6) is 0 Å². The summed E-state index contributed by atoms with van der Waals surface area (Å²) in [5.41, 5.74) is 1.30. The number of hydrogen-bond donors (Lipinski definition) is 1. The molecule has 0 amide bonds. The Labute approximate surface area is 126 Å². The maximum Gasteiger partial charge on any atom is 0.337 e. The first kappa shape index (κ1) is 14.4. The van der Waals surface area contributed by atoms with Gasteiger partial charge >= 0.3 is 5.97 Å². The molecule has 4 nitrogen and oxygen atoms in total. The third-order valence-electron chi connectivity index (χ3n) is 4.85. The number of rotatable bonds is 3. The first-order valence-electron chi connectivity index (χ1n) is 8.07. The molecule has 0 aliphatic carbocycles. The van der Waals surface area contributed by atoms with Crippen molar-refractivity contribution in [1.82, 2.24) is 4.90 Å². The molecule has 2 aliphatic rings. The quantitative estimate of drug-likeness (QED) is 0.929. The van der Waals surface area contributed by atoms with E-state index in [9.17, 15) is 9.90 Å². The number of hydrogen-bond acceptors (Lipinski definition) is 3. The predicted octanol–water partition coefficient (Wildman–Crippen LogP) is 2.84. The highest BCUT2D eigenvalue weighted by Gasteiger charge is 2.27. The zero-order valence-corrected chi connectivity index (χ0v) is 12.5. The predicted molar refractivity (Wildman–Crippen MR) is 84.1 cm³/mol. The topological polar surface area (TPSA) is 43.8 Å². The van der Waals surface area contributed by atoms with Gasteiger partial charge in [-0.05, 0) is 50.9 Å². The molecule has 114 valence electrons. The minimum absolute atomic E-state index is 0.425. The van der Waals surface area contributed by atoms with Crippen LogP contribution in [0.4, 0.5) is 5.69 Å². The summed E-state index contributed by atoms with van der Waals surface area (Å²) < 4.78 is 0. The van der Waals surface area contributed by atoms with Gasteiger partial charge in [-0.15, -0.1) is 0 Å². The van der Waals surface area contributed by atoms with E-state index in [1.165, 1.54) is 32.4 Å². The van der Waals surface area contributed by atoms with Crippen LogP contribution in [0, 0.1) is 0 Å². The molecule has 3 rings (SSSR count). The summed E-state index contributed by atoms with van der Waals surface area (Å²) in [7, 11) is 0. The van der Waals surface area contributed by atoms with Gasteiger partial charge in [-0.1, -0.05) is 18.6 Å². The Morgan fingerprint density at radius 2 is 1.67 bits per heavy atom. The van der Waals surface area contributed by atoms with E-state index in [1.807, 2.05) is 12.1 Å². The molecule has 1 N–H and O–H groups in total. The highest BCUT2D eigenvalue weighted by molar-refractivity contribution is 5.94. The summed E-state index contributed by atoms with van der Waals surface area (Å²) in [5.74, 6) is -0.830. The zero-order valence-electron chi connectivity index (χ0n) is 12.5. The standard InChI is InChI=1S/C17H24N2O2/c20-17(21)15-6-2-3-7-16(15)19-12-8-14(9-13-19)18-10-4-1-5-11-18/h2-3,6-7,14H,1,4-5,8-13H2,(H,20,21). The van der Waals surface area contributed by atoms with Crippen LogP contribution in [0.2, 0.25) is 0 Å². The second kappa shape index (κ2) is 6.48. The van der Waals surface area contributed by atoms with Gasteiger partial charge < -0.3 is 14.9 Å². The van der Waals surface area contributed by atoms with Crippen LogP contribution in [0.15, 0.2) is 24.3 Å². The molecule has 2 fully saturated rings. The van der Waals surface area contributed by atoms with E-state index in [0.29, 0.717) is 11.6 Å². The van der Waals surface area contributed by atoms with Crippen molar-refractivity contribution < 1.29 is 9.90 Å². The van der Waals surface area contributed by atoms with Crippen molar-refractivity contribution in [2.45, 2.75) is 38.1 Å². The summed E-state index contributed by atoms with van der Waals surface area (Å²) in [5, 5.41) is 9.32. The highest BCUT2D eigenvalue weighted by atomic mass is 16.4. The number of anilines is 1. The van der Waals surface area contributed by atoms with E-state index in [2.05, 4.69) is 9.80 Å². The minimum atomic E-state index is -0.830. The van der Waals surface area contributed by atoms with Gasteiger partial charge in [0.15, 0.2) is 0 Å². The van der Waals surface area contributed by atoms with Crippen LogP contribution in [0.3, 0.4) is 0 Å². The Hall–Kier alpha value is -1.55. The number of nitrogens with zero attached hydrogens (tertiary/aromatic N) is 2. The van der Waals surface area contributed by atoms with Gasteiger partial charge in [0.2, 0.25) is 0 Å². The fraction of sp³-hybridized carbons (Fsp3) is 0.588. The van der Waals surface area contributed by atoms with Crippen LogP contribution in [0.25, 0.3) is 0 Å². The van der Waals surface area contributed by atoms with Crippen molar-refractivity contribution in [2.24, 2.45) is 0 Å². The lowest BCUT2D eigenvalue weighted by atomic mass is 9.99. The maximum absolute atomic E-state index is 11.3. The van der Waals surface area contributed by atoms with Gasteiger partial charge in [-0.25, -0.2) is 4.79 Å². The van der Waals surface area contributed by atoms with Crippen molar-refractivity contribution in [3.63, 3.8) is 0 Å². The molecule has 0 saturated carbocycles. The van der Waals surface area contributed by atoms with E-state index in [-0.39, 0.29) is 0 Å². The Morgan fingerprint density at radius 1 is 1.00 bits per heavy atom. The molecule has 2 saturated heterocycles. The molecule has 0 aromatic heterocycles. The molecule has 1 aromatic carbocycles. The van der Waals surface area contributed by atoms with Crippen LogP contribution < -0.4 is 4.90 Å². The van der Waals surface area contributed by atoms with Crippen molar-refractivity contribution >= 4 is 11.7 Å². The molecule has 0 spiro atoms. The van der Waals surface area contributed by atoms with Crippen LogP contribution >= 0.6 is 0 Å². The van der Waals surface area contributed by atoms with E-state index in [1.54, 1.807) is 12.1 Å². The molecule has 0 atom stereocenters. The number of benzene rings is 1. The van der Waals surface area contributed by atoms with Crippen LogP contribution in [0.1, 0.15) is 42.5 Å². The van der Waals surface area contributed by atoms with Crippen molar-refractivity contribution in [1.29, 1.82) is 0 Å². The Kier molecular flexibility index (Phi) is 4.44. The summed E-state index contributed by atoms with van der Waals surface area (Å²) in [4.78, 5) is 16.2. The van der Waals surface area contributed by atoms with E-state index >= 15 is 0 Å². The van der Waals surface area contributed by atoms with Gasteiger partial charge in [0, 0.05) is 19.1 Å². The lowest BCUT2D eigenvalue weighted by molar-refractivity contribution is 0.0697. The molecule has 1 aromatic rings. The number of para-hydroxylation sites is 1. The molecule has 2 heterocycles. The number of carboxylic acids is 1. The van der Waals surface area contributed by atoms with Crippen molar-refractivity contribution in [3.8, 4) is 0 Å². The molecule has 21 heavy (non-hydrogen) atoms. The number of carboxylic acid groups (broad SMARTS) is 1. The summed E-state index contributed by atoms with van der Waals surface area (Å²) in [6.45, 7) is 4.42. The second-order valence-corrected chi connectivity index (χ2v) is 6.14. The first-order chi connectivity index (χ1) is 10.3. The largest absolute Gasteiger partial charge is 0.478 e.